The van der Waals surface area contributed by atoms with Gasteiger partial charge in [0.25, 0.3) is 10.2 Å². The highest BCUT2D eigenvalue weighted by atomic mass is 32.2. The number of imidazole rings is 1. The minimum absolute atomic E-state index is 0.108. The molecule has 38 heavy (non-hydrogen) atoms. The summed E-state index contributed by atoms with van der Waals surface area (Å²) in [5.41, 5.74) is 4.80. The summed E-state index contributed by atoms with van der Waals surface area (Å²) in [5, 5.41) is 0. The summed E-state index contributed by atoms with van der Waals surface area (Å²) in [6, 6.07) is 27.7. The molecule has 4 aromatic rings. The van der Waals surface area contributed by atoms with Gasteiger partial charge in [0.05, 0.1) is 12.8 Å². The number of nitrogens with one attached hydrogen (secondary N) is 3. The molecule has 5 rings (SSSR count). The van der Waals surface area contributed by atoms with Crippen molar-refractivity contribution in [2.75, 3.05) is 26.7 Å². The van der Waals surface area contributed by atoms with Crippen LogP contribution in [0.5, 0.6) is 5.75 Å². The predicted molar refractivity (Wildman–Crippen MR) is 150 cm³/mol. The van der Waals surface area contributed by atoms with Crippen molar-refractivity contribution in [3.05, 3.63) is 96.2 Å². The number of hydrogen-bond donors (Lipinski definition) is 3. The molecule has 1 aromatic heterocycles. The Balaban J connectivity index is 1.22. The molecule has 0 bridgehead atoms. The zero-order chi connectivity index (χ0) is 26.4. The highest BCUT2D eigenvalue weighted by Gasteiger charge is 2.26. The Morgan fingerprint density at radius 1 is 0.974 bits per heavy atom. The number of aromatic amines is 1. The number of likely N-dealkylation sites (tertiary alicyclic amines) is 1. The van der Waals surface area contributed by atoms with E-state index in [0.717, 1.165) is 53.6 Å². The van der Waals surface area contributed by atoms with Crippen molar-refractivity contribution in [2.24, 2.45) is 0 Å². The second-order valence-corrected chi connectivity index (χ2v) is 11.0. The largest absolute Gasteiger partial charge is 0.497 e. The molecule has 0 spiro atoms. The van der Waals surface area contributed by atoms with Crippen LogP contribution in [-0.4, -0.2) is 56.1 Å². The van der Waals surface area contributed by atoms with Crippen LogP contribution in [0.15, 0.2) is 84.9 Å². The zero-order valence-corrected chi connectivity index (χ0v) is 22.2. The molecule has 0 unspecified atom stereocenters. The quantitative estimate of drug-likeness (QED) is 0.272. The Kier molecular flexibility index (Phi) is 8.19. The fraction of sp³-hybridized carbons (Fsp3) is 0.276. The fourth-order valence-corrected chi connectivity index (χ4v) is 5.88. The van der Waals surface area contributed by atoms with E-state index >= 15 is 0 Å². The number of ether oxygens (including phenoxy) is 1. The number of methoxy groups -OCH3 is 1. The number of hydrogen-bond acceptors (Lipinski definition) is 5. The molecule has 1 atom stereocenters. The Hall–Kier alpha value is -3.50. The molecular formula is C29H33N5O3S. The Bertz CT molecular complexity index is 1420. The maximum atomic E-state index is 12.8. The minimum Gasteiger partial charge on any atom is -0.497 e. The van der Waals surface area contributed by atoms with E-state index in [0.29, 0.717) is 13.0 Å². The first-order valence-corrected chi connectivity index (χ1v) is 14.3. The molecule has 1 fully saturated rings. The molecule has 1 saturated heterocycles. The van der Waals surface area contributed by atoms with Crippen LogP contribution in [0.25, 0.3) is 22.6 Å². The van der Waals surface area contributed by atoms with Crippen molar-refractivity contribution < 1.29 is 13.2 Å². The lowest BCUT2D eigenvalue weighted by atomic mass is 10.1. The average Bonchev–Trinajstić information content (AvgIpc) is 3.56. The van der Waals surface area contributed by atoms with E-state index in [-0.39, 0.29) is 12.6 Å². The van der Waals surface area contributed by atoms with Crippen LogP contribution in [0, 0.1) is 0 Å². The number of rotatable bonds is 11. The standard InChI is InChI=1S/C29H33N5O3S/c1-37-26-14-12-23(13-15-26)28-27(31-29(32-28)24-10-6-3-7-11-24)16-18-30-38(35,36)33-25-17-19-34(21-25)20-22-8-4-2-5-9-22/h2-15,25,30,33H,16-21H2,1H3,(H,31,32)/t25-/m1/s1. The minimum atomic E-state index is -3.64. The molecule has 3 aromatic carbocycles. The molecule has 9 heteroatoms. The maximum Gasteiger partial charge on any atom is 0.277 e. The lowest BCUT2D eigenvalue weighted by Gasteiger charge is -2.17. The van der Waals surface area contributed by atoms with E-state index in [1.165, 1.54) is 5.56 Å². The second-order valence-electron chi connectivity index (χ2n) is 9.48. The summed E-state index contributed by atoms with van der Waals surface area (Å²) in [6.45, 7) is 2.63. The molecule has 1 aliphatic heterocycles. The molecule has 3 N–H and O–H groups in total. The van der Waals surface area contributed by atoms with Crippen LogP contribution < -0.4 is 14.2 Å². The number of H-pyrrole nitrogens is 1. The van der Waals surface area contributed by atoms with Gasteiger partial charge >= 0.3 is 0 Å². The van der Waals surface area contributed by atoms with Crippen LogP contribution in [0.4, 0.5) is 0 Å². The van der Waals surface area contributed by atoms with Gasteiger partial charge in [0.1, 0.15) is 11.6 Å². The van der Waals surface area contributed by atoms with Gasteiger partial charge in [-0.2, -0.15) is 13.1 Å². The average molecular weight is 532 g/mol. The van der Waals surface area contributed by atoms with Gasteiger partial charge in [-0.3, -0.25) is 4.90 Å². The van der Waals surface area contributed by atoms with Gasteiger partial charge in [0, 0.05) is 55.5 Å². The van der Waals surface area contributed by atoms with Crippen LogP contribution in [0.1, 0.15) is 17.7 Å². The highest BCUT2D eigenvalue weighted by molar-refractivity contribution is 7.87. The highest BCUT2D eigenvalue weighted by Crippen LogP contribution is 2.28. The van der Waals surface area contributed by atoms with Gasteiger partial charge in [0.2, 0.25) is 0 Å². The van der Waals surface area contributed by atoms with Gasteiger partial charge < -0.3 is 9.72 Å². The van der Waals surface area contributed by atoms with Crippen LogP contribution in [-0.2, 0) is 23.2 Å². The van der Waals surface area contributed by atoms with E-state index in [2.05, 4.69) is 31.5 Å². The third kappa shape index (κ3) is 6.68. The first-order chi connectivity index (χ1) is 18.5. The van der Waals surface area contributed by atoms with Crippen LogP contribution >= 0.6 is 0 Å². The normalized spacial score (nSPS) is 16.1. The van der Waals surface area contributed by atoms with Crippen molar-refractivity contribution in [1.82, 2.24) is 24.3 Å². The van der Waals surface area contributed by atoms with E-state index in [4.69, 9.17) is 9.72 Å². The summed E-state index contributed by atoms with van der Waals surface area (Å²) in [7, 11) is -2.01. The van der Waals surface area contributed by atoms with Crippen molar-refractivity contribution in [3.8, 4) is 28.4 Å². The third-order valence-electron chi connectivity index (χ3n) is 6.70. The van der Waals surface area contributed by atoms with Gasteiger partial charge in [-0.1, -0.05) is 60.7 Å². The third-order valence-corrected chi connectivity index (χ3v) is 7.93. The molecule has 1 aliphatic rings. The van der Waals surface area contributed by atoms with Crippen LogP contribution in [0.2, 0.25) is 0 Å². The lowest BCUT2D eigenvalue weighted by Crippen LogP contribution is -2.44. The Labute approximate surface area is 224 Å². The summed E-state index contributed by atoms with van der Waals surface area (Å²) in [6.07, 6.45) is 1.25. The molecule has 198 valence electrons. The van der Waals surface area contributed by atoms with Crippen molar-refractivity contribution in [3.63, 3.8) is 0 Å². The smallest absolute Gasteiger partial charge is 0.277 e. The number of benzene rings is 3. The lowest BCUT2D eigenvalue weighted by molar-refractivity contribution is 0.324. The Morgan fingerprint density at radius 2 is 1.68 bits per heavy atom. The molecule has 2 heterocycles. The summed E-state index contributed by atoms with van der Waals surface area (Å²) >= 11 is 0. The van der Waals surface area contributed by atoms with Gasteiger partial charge in [-0.25, -0.2) is 9.71 Å². The Morgan fingerprint density at radius 3 is 2.39 bits per heavy atom. The predicted octanol–water partition coefficient (Wildman–Crippen LogP) is 3.99. The molecule has 0 saturated carbocycles. The zero-order valence-electron chi connectivity index (χ0n) is 21.4. The van der Waals surface area contributed by atoms with Gasteiger partial charge in [0.15, 0.2) is 0 Å². The van der Waals surface area contributed by atoms with E-state index in [1.807, 2.05) is 72.8 Å². The van der Waals surface area contributed by atoms with E-state index in [1.54, 1.807) is 7.11 Å². The monoisotopic (exact) mass is 531 g/mol. The van der Waals surface area contributed by atoms with E-state index < -0.39 is 10.2 Å². The summed E-state index contributed by atoms with van der Waals surface area (Å²) in [5.74, 6) is 1.51. The second kappa shape index (κ2) is 11.9. The first-order valence-electron chi connectivity index (χ1n) is 12.8. The fourth-order valence-electron chi connectivity index (χ4n) is 4.80. The topological polar surface area (TPSA) is 99.3 Å². The SMILES string of the molecule is COc1ccc(-c2nc(-c3ccccc3)[nH]c2CCNS(=O)(=O)N[C@@H]2CCN(Cc3ccccc3)C2)cc1. The molecule has 0 radical (unpaired) electrons. The van der Waals surface area contributed by atoms with Crippen molar-refractivity contribution in [2.45, 2.75) is 25.4 Å². The molecule has 0 aliphatic carbocycles. The molecule has 0 amide bonds. The van der Waals surface area contributed by atoms with Crippen molar-refractivity contribution in [1.29, 1.82) is 0 Å². The van der Waals surface area contributed by atoms with E-state index in [9.17, 15) is 8.42 Å². The summed E-state index contributed by atoms with van der Waals surface area (Å²) < 4.78 is 36.5. The maximum absolute atomic E-state index is 12.8. The first kappa shape index (κ1) is 26.1. The summed E-state index contributed by atoms with van der Waals surface area (Å²) in [4.78, 5) is 10.5. The number of aromatic nitrogens is 2. The molecular weight excluding hydrogens is 498 g/mol. The number of nitrogens with zero attached hydrogens (tertiary/aromatic N) is 2. The van der Waals surface area contributed by atoms with Crippen molar-refractivity contribution >= 4 is 10.2 Å². The van der Waals surface area contributed by atoms with Gasteiger partial charge in [-0.15, -0.1) is 0 Å². The molecule has 8 nitrogen and oxygen atoms in total. The van der Waals surface area contributed by atoms with Crippen LogP contribution in [0.3, 0.4) is 0 Å². The van der Waals surface area contributed by atoms with Gasteiger partial charge in [-0.05, 0) is 36.2 Å².